The molecule has 5 nitrogen and oxygen atoms in total. The van der Waals surface area contributed by atoms with Gasteiger partial charge in [0.15, 0.2) is 0 Å². The van der Waals surface area contributed by atoms with Gasteiger partial charge in [-0.15, -0.1) is 0 Å². The summed E-state index contributed by atoms with van der Waals surface area (Å²) in [5.41, 5.74) is 0.0405. The van der Waals surface area contributed by atoms with Crippen molar-refractivity contribution in [2.24, 2.45) is 0 Å². The van der Waals surface area contributed by atoms with E-state index in [9.17, 15) is 13.2 Å². The van der Waals surface area contributed by atoms with E-state index in [2.05, 4.69) is 4.72 Å². The Morgan fingerprint density at radius 1 is 1.50 bits per heavy atom. The number of benzene rings is 1. The number of carbonyl (C=O) groups is 1. The smallest absolute Gasteiger partial charge is 0.337 e. The van der Waals surface area contributed by atoms with Crippen molar-refractivity contribution in [2.75, 3.05) is 10.5 Å². The number of nitrogens with one attached hydrogen (secondary N) is 1. The molecule has 0 saturated heterocycles. The molecule has 88 valence electrons. The standard InChI is InChI=1S/C9H10INO4S/c1-2-16(14,15)11-8-4-3-6(10)5-7(8)9(12)13/h3-5,11H,2H2,1H3,(H,12,13). The molecule has 0 aliphatic rings. The van der Waals surface area contributed by atoms with Crippen LogP contribution in [0.4, 0.5) is 5.69 Å². The lowest BCUT2D eigenvalue weighted by Crippen LogP contribution is -2.17. The molecule has 0 heterocycles. The zero-order valence-corrected chi connectivity index (χ0v) is 11.4. The van der Waals surface area contributed by atoms with Crippen molar-refractivity contribution in [3.63, 3.8) is 0 Å². The first-order valence-electron chi connectivity index (χ1n) is 4.39. The predicted octanol–water partition coefficient (Wildman–Crippen LogP) is 1.75. The zero-order chi connectivity index (χ0) is 12.3. The van der Waals surface area contributed by atoms with Gasteiger partial charge in [-0.25, -0.2) is 13.2 Å². The number of hydrogen-bond donors (Lipinski definition) is 2. The van der Waals surface area contributed by atoms with Crippen molar-refractivity contribution in [1.82, 2.24) is 0 Å². The lowest BCUT2D eigenvalue weighted by molar-refractivity contribution is 0.0698. The van der Waals surface area contributed by atoms with Crippen LogP contribution in [0.25, 0.3) is 0 Å². The highest BCUT2D eigenvalue weighted by Crippen LogP contribution is 2.20. The molecule has 0 aromatic heterocycles. The minimum absolute atomic E-state index is 0.0519. The Labute approximate surface area is 107 Å². The molecule has 0 bridgehead atoms. The van der Waals surface area contributed by atoms with E-state index in [-0.39, 0.29) is 17.0 Å². The van der Waals surface area contributed by atoms with Gasteiger partial charge in [0, 0.05) is 3.57 Å². The lowest BCUT2D eigenvalue weighted by Gasteiger charge is -2.09. The van der Waals surface area contributed by atoms with E-state index in [1.54, 1.807) is 6.07 Å². The average Bonchev–Trinajstić information content (AvgIpc) is 2.20. The number of carboxylic acid groups (broad SMARTS) is 1. The van der Waals surface area contributed by atoms with E-state index in [1.165, 1.54) is 19.1 Å². The SMILES string of the molecule is CCS(=O)(=O)Nc1ccc(I)cc1C(=O)O. The third kappa shape index (κ3) is 3.34. The number of halogens is 1. The van der Waals surface area contributed by atoms with Crippen molar-refractivity contribution in [2.45, 2.75) is 6.92 Å². The number of hydrogen-bond acceptors (Lipinski definition) is 3. The number of carboxylic acids is 1. The maximum Gasteiger partial charge on any atom is 0.337 e. The van der Waals surface area contributed by atoms with Crippen molar-refractivity contribution < 1.29 is 18.3 Å². The molecule has 0 fully saturated rings. The van der Waals surface area contributed by atoms with Crippen LogP contribution in [-0.4, -0.2) is 25.2 Å². The third-order valence-electron chi connectivity index (χ3n) is 1.86. The third-order valence-corrected chi connectivity index (χ3v) is 3.82. The van der Waals surface area contributed by atoms with Crippen LogP contribution in [0, 0.1) is 3.57 Å². The molecule has 2 N–H and O–H groups in total. The van der Waals surface area contributed by atoms with Crippen molar-refractivity contribution >= 4 is 44.3 Å². The molecular formula is C9H10INO4S. The second kappa shape index (κ2) is 5.00. The van der Waals surface area contributed by atoms with E-state index >= 15 is 0 Å². The minimum Gasteiger partial charge on any atom is -0.478 e. The van der Waals surface area contributed by atoms with Gasteiger partial charge in [0.25, 0.3) is 0 Å². The molecular weight excluding hydrogens is 345 g/mol. The molecule has 7 heteroatoms. The topological polar surface area (TPSA) is 83.5 Å². The molecule has 0 saturated carbocycles. The fourth-order valence-corrected chi connectivity index (χ4v) is 2.17. The second-order valence-corrected chi connectivity index (χ2v) is 6.26. The largest absolute Gasteiger partial charge is 0.478 e. The van der Waals surface area contributed by atoms with Gasteiger partial charge >= 0.3 is 5.97 Å². The Morgan fingerprint density at radius 3 is 2.62 bits per heavy atom. The predicted molar refractivity (Wildman–Crippen MR) is 69.2 cm³/mol. The van der Waals surface area contributed by atoms with Crippen LogP contribution in [-0.2, 0) is 10.0 Å². The fraction of sp³-hybridized carbons (Fsp3) is 0.222. The monoisotopic (exact) mass is 355 g/mol. The summed E-state index contributed by atoms with van der Waals surface area (Å²) in [7, 11) is -3.46. The summed E-state index contributed by atoms with van der Waals surface area (Å²) in [5.74, 6) is -1.26. The van der Waals surface area contributed by atoms with Crippen LogP contribution in [0.1, 0.15) is 17.3 Å². The molecule has 0 unspecified atom stereocenters. The number of sulfonamides is 1. The Balaban J connectivity index is 3.19. The Kier molecular flexibility index (Phi) is 4.14. The molecule has 16 heavy (non-hydrogen) atoms. The van der Waals surface area contributed by atoms with Crippen LogP contribution in [0.2, 0.25) is 0 Å². The van der Waals surface area contributed by atoms with Crippen molar-refractivity contribution in [1.29, 1.82) is 0 Å². The molecule has 0 atom stereocenters. The van der Waals surface area contributed by atoms with Gasteiger partial charge in [0.1, 0.15) is 0 Å². The van der Waals surface area contributed by atoms with E-state index < -0.39 is 16.0 Å². The summed E-state index contributed by atoms with van der Waals surface area (Å²) in [6.45, 7) is 1.48. The number of rotatable bonds is 4. The van der Waals surface area contributed by atoms with Gasteiger partial charge in [-0.3, -0.25) is 4.72 Å². The van der Waals surface area contributed by atoms with Crippen LogP contribution < -0.4 is 4.72 Å². The van der Waals surface area contributed by atoms with Crippen LogP contribution in [0.15, 0.2) is 18.2 Å². The summed E-state index contributed by atoms with van der Waals surface area (Å²) >= 11 is 1.96. The minimum atomic E-state index is -3.46. The van der Waals surface area contributed by atoms with Gasteiger partial charge in [0.2, 0.25) is 10.0 Å². The van der Waals surface area contributed by atoms with Crippen LogP contribution in [0.3, 0.4) is 0 Å². The molecule has 1 aromatic carbocycles. The molecule has 0 radical (unpaired) electrons. The first-order valence-corrected chi connectivity index (χ1v) is 7.12. The maximum absolute atomic E-state index is 11.3. The molecule has 0 spiro atoms. The summed E-state index contributed by atoms with van der Waals surface area (Å²) in [4.78, 5) is 10.9. The van der Waals surface area contributed by atoms with E-state index in [0.717, 1.165) is 3.57 Å². The first-order chi connectivity index (χ1) is 7.35. The Bertz CT molecular complexity index is 512. The molecule has 0 aliphatic heterocycles. The van der Waals surface area contributed by atoms with Gasteiger partial charge in [-0.05, 0) is 47.7 Å². The van der Waals surface area contributed by atoms with Crippen molar-refractivity contribution in [3.8, 4) is 0 Å². The quantitative estimate of drug-likeness (QED) is 0.807. The van der Waals surface area contributed by atoms with Gasteiger partial charge in [-0.2, -0.15) is 0 Å². The van der Waals surface area contributed by atoms with Crippen molar-refractivity contribution in [3.05, 3.63) is 27.3 Å². The Hall–Kier alpha value is -0.830. The maximum atomic E-state index is 11.3. The second-order valence-electron chi connectivity index (χ2n) is 3.00. The van der Waals surface area contributed by atoms with E-state index in [1.807, 2.05) is 22.6 Å². The number of anilines is 1. The number of aromatic carboxylic acids is 1. The molecule has 1 aromatic rings. The summed E-state index contributed by atoms with van der Waals surface area (Å²) in [5, 5.41) is 8.92. The van der Waals surface area contributed by atoms with Crippen LogP contribution in [0.5, 0.6) is 0 Å². The first kappa shape index (κ1) is 13.2. The fourth-order valence-electron chi connectivity index (χ4n) is 1.02. The van der Waals surface area contributed by atoms with E-state index in [4.69, 9.17) is 5.11 Å². The summed E-state index contributed by atoms with van der Waals surface area (Å²) < 4.78 is 25.6. The summed E-state index contributed by atoms with van der Waals surface area (Å²) in [6.07, 6.45) is 0. The van der Waals surface area contributed by atoms with Gasteiger partial charge in [0.05, 0.1) is 17.0 Å². The molecule has 0 aliphatic carbocycles. The van der Waals surface area contributed by atoms with Gasteiger partial charge < -0.3 is 5.11 Å². The molecule has 1 rings (SSSR count). The Morgan fingerprint density at radius 2 is 2.12 bits per heavy atom. The molecule has 0 amide bonds. The highest BCUT2D eigenvalue weighted by molar-refractivity contribution is 14.1. The van der Waals surface area contributed by atoms with Gasteiger partial charge in [-0.1, -0.05) is 0 Å². The normalized spacial score (nSPS) is 11.1. The zero-order valence-electron chi connectivity index (χ0n) is 8.40. The average molecular weight is 355 g/mol. The highest BCUT2D eigenvalue weighted by atomic mass is 127. The summed E-state index contributed by atoms with van der Waals surface area (Å²) in [6, 6.07) is 4.50. The highest BCUT2D eigenvalue weighted by Gasteiger charge is 2.14. The lowest BCUT2D eigenvalue weighted by atomic mass is 10.2. The van der Waals surface area contributed by atoms with E-state index in [0.29, 0.717) is 0 Å². The van der Waals surface area contributed by atoms with Crippen LogP contribution >= 0.6 is 22.6 Å².